The monoisotopic (exact) mass is 274 g/mol. The van der Waals surface area contributed by atoms with Gasteiger partial charge in [-0.1, -0.05) is 39.2 Å². The lowest BCUT2D eigenvalue weighted by Crippen LogP contribution is -1.98. The van der Waals surface area contributed by atoms with Crippen LogP contribution in [0.5, 0.6) is 0 Å². The second-order valence-electron chi connectivity index (χ2n) is 4.00. The number of allylic oxidation sites excluding steroid dienone is 1. The van der Waals surface area contributed by atoms with Crippen molar-refractivity contribution in [1.82, 2.24) is 0 Å². The predicted molar refractivity (Wildman–Crippen MR) is 79.2 cm³/mol. The molecule has 0 aliphatic heterocycles. The van der Waals surface area contributed by atoms with Crippen molar-refractivity contribution in [3.63, 3.8) is 0 Å². The predicted octanol–water partition coefficient (Wildman–Crippen LogP) is 4.19. The Hall–Kier alpha value is -1.32. The third kappa shape index (κ3) is 60.9. The highest BCUT2D eigenvalue weighted by atomic mass is 16.5. The zero-order valence-electron chi connectivity index (χ0n) is 12.9. The van der Waals surface area contributed by atoms with E-state index in [1.165, 1.54) is 39.0 Å². The molecule has 0 unspecified atom stereocenters. The van der Waals surface area contributed by atoms with Crippen LogP contribution in [-0.2, 0) is 14.3 Å². The van der Waals surface area contributed by atoms with E-state index in [0.717, 1.165) is 13.3 Å². The lowest BCUT2D eigenvalue weighted by atomic mass is 10.2. The van der Waals surface area contributed by atoms with Gasteiger partial charge in [-0.25, -0.2) is 0 Å². The van der Waals surface area contributed by atoms with Crippen LogP contribution in [0.4, 0.5) is 0 Å². The first-order valence-corrected chi connectivity index (χ1v) is 6.86. The Morgan fingerprint density at radius 1 is 1.11 bits per heavy atom. The van der Waals surface area contributed by atoms with Gasteiger partial charge in [0.2, 0.25) is 0 Å². The average molecular weight is 274 g/mol. The quantitative estimate of drug-likeness (QED) is 0.429. The Balaban J connectivity index is -0.000000214. The lowest BCUT2D eigenvalue weighted by molar-refractivity contribution is -0.141. The number of carboxylic acids is 1. The van der Waals surface area contributed by atoms with Crippen LogP contribution in [0.2, 0.25) is 0 Å². The summed E-state index contributed by atoms with van der Waals surface area (Å²) >= 11 is 0. The minimum absolute atomic E-state index is 0.193. The molecular formula is C15H30O4. The number of hydrogen-bond donors (Lipinski definition) is 1. The van der Waals surface area contributed by atoms with Gasteiger partial charge in [0.1, 0.15) is 0 Å². The molecule has 0 aromatic carbocycles. The van der Waals surface area contributed by atoms with Crippen LogP contribution in [0.25, 0.3) is 0 Å². The summed E-state index contributed by atoms with van der Waals surface area (Å²) in [6, 6.07) is 0. The Kier molecular flexibility index (Phi) is 26.3. The topological polar surface area (TPSA) is 63.6 Å². The number of rotatable bonds is 7. The van der Waals surface area contributed by atoms with Gasteiger partial charge in [-0.05, 0) is 19.3 Å². The van der Waals surface area contributed by atoms with Crippen LogP contribution >= 0.6 is 0 Å². The van der Waals surface area contributed by atoms with Crippen molar-refractivity contribution < 1.29 is 19.4 Å². The highest BCUT2D eigenvalue weighted by molar-refractivity contribution is 5.65. The van der Waals surface area contributed by atoms with Crippen LogP contribution in [0.3, 0.4) is 0 Å². The third-order valence-electron chi connectivity index (χ3n) is 1.77. The Morgan fingerprint density at radius 3 is 1.89 bits per heavy atom. The molecule has 1 N–H and O–H groups in total. The Labute approximate surface area is 117 Å². The minimum atomic E-state index is -0.833. The van der Waals surface area contributed by atoms with Crippen LogP contribution in [0.15, 0.2) is 12.7 Å². The highest BCUT2D eigenvalue weighted by Crippen LogP contribution is 2.01. The largest absolute Gasteiger partial charge is 0.481 e. The highest BCUT2D eigenvalue weighted by Gasteiger charge is 1.85. The van der Waals surface area contributed by atoms with Crippen molar-refractivity contribution in [2.24, 2.45) is 0 Å². The molecule has 0 fully saturated rings. The number of carboxylic acid groups (broad SMARTS) is 1. The lowest BCUT2D eigenvalue weighted by Gasteiger charge is -1.93. The maximum Gasteiger partial charge on any atom is 0.302 e. The van der Waals surface area contributed by atoms with E-state index in [0.29, 0.717) is 6.61 Å². The maximum atomic E-state index is 9.98. The summed E-state index contributed by atoms with van der Waals surface area (Å²) in [5, 5.41) is 7.42. The summed E-state index contributed by atoms with van der Waals surface area (Å²) < 4.78 is 4.55. The number of ether oxygens (including phenoxy) is 1. The Morgan fingerprint density at radius 2 is 1.63 bits per heavy atom. The molecule has 0 aliphatic carbocycles. The molecule has 0 spiro atoms. The first-order valence-electron chi connectivity index (χ1n) is 6.86. The van der Waals surface area contributed by atoms with E-state index in [-0.39, 0.29) is 5.97 Å². The standard InChI is InChI=1S/C8H16.C5H10O2.C2H4O2/c1-3-5-7-8-6-4-2;1-3-4-7-5(2)6;1-2(3)4/h3H,1,4-8H2,2H3;3-4H2,1-2H3;1H3,(H,3,4). The van der Waals surface area contributed by atoms with Crippen LogP contribution < -0.4 is 0 Å². The SMILES string of the molecule is C=CCCCCCC.CC(=O)O.CCCOC(C)=O. The number of aliphatic carboxylic acids is 1. The molecule has 0 rings (SSSR count). The molecule has 4 nitrogen and oxygen atoms in total. The molecule has 4 heteroatoms. The van der Waals surface area contributed by atoms with E-state index in [9.17, 15) is 4.79 Å². The van der Waals surface area contributed by atoms with Gasteiger partial charge >= 0.3 is 5.97 Å². The smallest absolute Gasteiger partial charge is 0.302 e. The molecule has 114 valence electrons. The molecule has 0 aliphatic rings. The van der Waals surface area contributed by atoms with Crippen LogP contribution in [0.1, 0.15) is 66.2 Å². The summed E-state index contributed by atoms with van der Waals surface area (Å²) in [6.45, 7) is 10.9. The van der Waals surface area contributed by atoms with Gasteiger partial charge in [0.25, 0.3) is 5.97 Å². The molecular weight excluding hydrogens is 244 g/mol. The number of unbranched alkanes of at least 4 members (excludes halogenated alkanes) is 4. The number of esters is 1. The second-order valence-corrected chi connectivity index (χ2v) is 4.00. The van der Waals surface area contributed by atoms with Crippen molar-refractivity contribution in [3.8, 4) is 0 Å². The summed E-state index contributed by atoms with van der Waals surface area (Å²) in [5.74, 6) is -1.03. The van der Waals surface area contributed by atoms with Gasteiger partial charge < -0.3 is 9.84 Å². The van der Waals surface area contributed by atoms with Gasteiger partial charge in [0.05, 0.1) is 6.61 Å². The second kappa shape index (κ2) is 21.9. The normalized spacial score (nSPS) is 8.21. The molecule has 19 heavy (non-hydrogen) atoms. The van der Waals surface area contributed by atoms with Crippen molar-refractivity contribution in [2.45, 2.75) is 66.2 Å². The average Bonchev–Trinajstić information content (AvgIpc) is 2.32. The van der Waals surface area contributed by atoms with E-state index in [2.05, 4.69) is 18.2 Å². The number of hydrogen-bond acceptors (Lipinski definition) is 3. The fourth-order valence-corrected chi connectivity index (χ4v) is 0.961. The summed E-state index contributed by atoms with van der Waals surface area (Å²) in [7, 11) is 0. The summed E-state index contributed by atoms with van der Waals surface area (Å²) in [5.41, 5.74) is 0. The van der Waals surface area contributed by atoms with Gasteiger partial charge in [-0.2, -0.15) is 0 Å². The summed E-state index contributed by atoms with van der Waals surface area (Å²) in [6.07, 6.45) is 9.51. The molecule has 0 heterocycles. The Bertz CT molecular complexity index is 208. The molecule has 0 bridgehead atoms. The van der Waals surface area contributed by atoms with Crippen molar-refractivity contribution in [1.29, 1.82) is 0 Å². The zero-order chi connectivity index (χ0) is 15.5. The molecule has 0 radical (unpaired) electrons. The molecule has 0 aromatic rings. The zero-order valence-corrected chi connectivity index (χ0v) is 12.9. The molecule has 0 amide bonds. The van der Waals surface area contributed by atoms with Crippen molar-refractivity contribution in [3.05, 3.63) is 12.7 Å². The van der Waals surface area contributed by atoms with Gasteiger partial charge in [0, 0.05) is 13.8 Å². The van der Waals surface area contributed by atoms with Crippen LogP contribution in [0, 0.1) is 0 Å². The molecule has 0 atom stereocenters. The van der Waals surface area contributed by atoms with E-state index in [4.69, 9.17) is 9.90 Å². The van der Waals surface area contributed by atoms with Gasteiger partial charge in [-0.3, -0.25) is 9.59 Å². The van der Waals surface area contributed by atoms with Gasteiger partial charge in [-0.15, -0.1) is 6.58 Å². The molecule has 0 saturated carbocycles. The van der Waals surface area contributed by atoms with Crippen molar-refractivity contribution in [2.75, 3.05) is 6.61 Å². The molecule has 0 saturated heterocycles. The van der Waals surface area contributed by atoms with E-state index < -0.39 is 5.97 Å². The first-order chi connectivity index (χ1) is 8.92. The van der Waals surface area contributed by atoms with E-state index in [1.54, 1.807) is 0 Å². The minimum Gasteiger partial charge on any atom is -0.481 e. The fraction of sp³-hybridized carbons (Fsp3) is 0.733. The van der Waals surface area contributed by atoms with Gasteiger partial charge in [0.15, 0.2) is 0 Å². The summed E-state index contributed by atoms with van der Waals surface area (Å²) in [4.78, 5) is 19.0. The third-order valence-corrected chi connectivity index (χ3v) is 1.77. The fourth-order valence-electron chi connectivity index (χ4n) is 0.961. The van der Waals surface area contributed by atoms with Crippen molar-refractivity contribution >= 4 is 11.9 Å². The van der Waals surface area contributed by atoms with Crippen LogP contribution in [-0.4, -0.2) is 23.7 Å². The molecule has 0 aromatic heterocycles. The number of carbonyl (C=O) groups excluding carboxylic acids is 1. The first kappa shape index (κ1) is 22.8. The van der Waals surface area contributed by atoms with E-state index in [1.807, 2.05) is 13.0 Å². The maximum absolute atomic E-state index is 9.98. The number of carbonyl (C=O) groups is 2. The van der Waals surface area contributed by atoms with E-state index >= 15 is 0 Å².